The number of nitrogens with two attached hydrogens (primary N) is 1. The van der Waals surface area contributed by atoms with E-state index in [-0.39, 0.29) is 43.2 Å². The summed E-state index contributed by atoms with van der Waals surface area (Å²) in [5.41, 5.74) is 6.03. The number of ether oxygens (including phenoxy) is 1. The summed E-state index contributed by atoms with van der Waals surface area (Å²) in [6, 6.07) is 2.24. The van der Waals surface area contributed by atoms with Crippen molar-refractivity contribution in [2.75, 3.05) is 13.2 Å². The fourth-order valence-corrected chi connectivity index (χ4v) is 4.49. The first-order chi connectivity index (χ1) is 21.4. The van der Waals surface area contributed by atoms with Crippen molar-refractivity contribution in [3.05, 3.63) is 54.1 Å². The third-order valence-corrected chi connectivity index (χ3v) is 6.90. The molecule has 0 radical (unpaired) electrons. The molecule has 1 aliphatic rings. The van der Waals surface area contributed by atoms with Gasteiger partial charge >= 0.3 is 0 Å². The van der Waals surface area contributed by atoms with Crippen LogP contribution in [0.4, 0.5) is 0 Å². The number of amides is 6. The highest BCUT2D eigenvalue weighted by atomic mass is 16.5. The van der Waals surface area contributed by atoms with Crippen LogP contribution in [0.1, 0.15) is 56.1 Å². The number of rotatable bonds is 8. The Balaban J connectivity index is 1.91. The van der Waals surface area contributed by atoms with Crippen molar-refractivity contribution in [3.63, 3.8) is 0 Å². The van der Waals surface area contributed by atoms with Crippen LogP contribution in [0.5, 0.6) is 5.75 Å². The van der Waals surface area contributed by atoms with Gasteiger partial charge in [-0.2, -0.15) is 0 Å². The number of hydrogen-bond acceptors (Lipinski definition) is 9. The number of fused-ring (bicyclic) bond motifs is 1. The zero-order chi connectivity index (χ0) is 32.9. The predicted molar refractivity (Wildman–Crippen MR) is 161 cm³/mol. The molecular formula is C30H40N8O7. The van der Waals surface area contributed by atoms with E-state index in [4.69, 9.17) is 10.5 Å². The van der Waals surface area contributed by atoms with Gasteiger partial charge < -0.3 is 37.1 Å². The molecule has 2 aromatic rings. The van der Waals surface area contributed by atoms with Crippen LogP contribution in [-0.2, 0) is 30.4 Å². The smallest absolute Gasteiger partial charge is 0.255 e. The number of carbonyl (C=O) groups excluding carboxylic acids is 6. The van der Waals surface area contributed by atoms with Crippen molar-refractivity contribution in [2.24, 2.45) is 11.7 Å². The number of nitrogens with zero attached hydrogens (tertiary/aromatic N) is 2. The fraction of sp³-hybridized carbons (Fsp3) is 0.467. The van der Waals surface area contributed by atoms with Gasteiger partial charge in [0.2, 0.25) is 29.5 Å². The van der Waals surface area contributed by atoms with E-state index in [1.807, 2.05) is 0 Å². The maximum absolute atomic E-state index is 13.4. The van der Waals surface area contributed by atoms with Gasteiger partial charge in [0.25, 0.3) is 5.91 Å². The summed E-state index contributed by atoms with van der Waals surface area (Å²) in [5.74, 6) is -4.13. The van der Waals surface area contributed by atoms with Gasteiger partial charge in [-0.1, -0.05) is 26.0 Å². The van der Waals surface area contributed by atoms with Crippen molar-refractivity contribution in [1.82, 2.24) is 36.6 Å². The second kappa shape index (κ2) is 16.7. The number of nitrogens with one attached hydrogen (secondary N) is 5. The molecule has 0 fully saturated rings. The molecule has 15 heteroatoms. The molecule has 15 nitrogen and oxygen atoms in total. The average Bonchev–Trinajstić information content (AvgIpc) is 3.00. The third-order valence-electron chi connectivity index (χ3n) is 6.90. The molecule has 4 atom stereocenters. The van der Waals surface area contributed by atoms with Crippen molar-refractivity contribution in [3.8, 4) is 5.75 Å². The molecule has 6 amide bonds. The van der Waals surface area contributed by atoms with Crippen LogP contribution in [0, 0.1) is 5.92 Å². The molecule has 0 bridgehead atoms. The number of primary amides is 1. The van der Waals surface area contributed by atoms with E-state index in [0.717, 1.165) is 0 Å². The minimum atomic E-state index is -1.35. The molecule has 0 aliphatic carbocycles. The Morgan fingerprint density at radius 3 is 2.49 bits per heavy atom. The minimum absolute atomic E-state index is 0.0115. The van der Waals surface area contributed by atoms with Gasteiger partial charge in [-0.3, -0.25) is 38.7 Å². The van der Waals surface area contributed by atoms with Gasteiger partial charge in [-0.05, 0) is 31.4 Å². The van der Waals surface area contributed by atoms with Gasteiger partial charge in [0.1, 0.15) is 30.5 Å². The van der Waals surface area contributed by atoms with Crippen LogP contribution in [0.25, 0.3) is 0 Å². The zero-order valence-electron chi connectivity index (χ0n) is 25.5. The Morgan fingerprint density at radius 1 is 1.04 bits per heavy atom. The molecule has 1 aromatic carbocycles. The molecule has 45 heavy (non-hydrogen) atoms. The Kier molecular flexibility index (Phi) is 12.8. The first-order valence-corrected chi connectivity index (χ1v) is 14.7. The highest BCUT2D eigenvalue weighted by Crippen LogP contribution is 2.19. The van der Waals surface area contributed by atoms with E-state index in [1.165, 1.54) is 18.5 Å². The summed E-state index contributed by atoms with van der Waals surface area (Å²) in [4.78, 5) is 86.1. The number of carbonyl (C=O) groups is 6. The van der Waals surface area contributed by atoms with E-state index in [9.17, 15) is 28.8 Å². The summed E-state index contributed by atoms with van der Waals surface area (Å²) in [5, 5.41) is 13.3. The quantitative estimate of drug-likeness (QED) is 0.214. The van der Waals surface area contributed by atoms with Crippen LogP contribution in [0.2, 0.25) is 0 Å². The topological polar surface area (TPSA) is 224 Å². The molecule has 3 rings (SSSR count). The van der Waals surface area contributed by atoms with Gasteiger partial charge in [0, 0.05) is 38.0 Å². The lowest BCUT2D eigenvalue weighted by Gasteiger charge is -2.26. The summed E-state index contributed by atoms with van der Waals surface area (Å²) in [7, 11) is 0. The van der Waals surface area contributed by atoms with Crippen LogP contribution in [0.15, 0.2) is 42.9 Å². The summed E-state index contributed by atoms with van der Waals surface area (Å²) in [6.07, 6.45) is 4.01. The molecular weight excluding hydrogens is 584 g/mol. The Morgan fingerprint density at radius 2 is 1.80 bits per heavy atom. The third kappa shape index (κ3) is 10.9. The van der Waals surface area contributed by atoms with Crippen molar-refractivity contribution in [2.45, 2.75) is 70.6 Å². The number of benzene rings is 1. The van der Waals surface area contributed by atoms with Crippen LogP contribution >= 0.6 is 0 Å². The number of para-hydroxylation sites is 1. The largest absolute Gasteiger partial charge is 0.491 e. The van der Waals surface area contributed by atoms with Gasteiger partial charge in [0.05, 0.1) is 23.7 Å². The summed E-state index contributed by atoms with van der Waals surface area (Å²) >= 11 is 0. The number of aromatic nitrogens is 2. The SMILES string of the molecule is CC(C)[C@H]1NC(=O)[C@H](CCC(N)=O)NC(=O)C[C@@H](C(=O)NCCc2cnccn2)NC(=O)c2ccccc2OC[C@H](C)NC1=O. The fourth-order valence-electron chi connectivity index (χ4n) is 4.49. The Labute approximate surface area is 260 Å². The van der Waals surface area contributed by atoms with Crippen molar-refractivity contribution < 1.29 is 33.5 Å². The van der Waals surface area contributed by atoms with Gasteiger partial charge in [-0.25, -0.2) is 0 Å². The molecule has 0 spiro atoms. The maximum Gasteiger partial charge on any atom is 0.255 e. The molecule has 7 N–H and O–H groups in total. The van der Waals surface area contributed by atoms with E-state index in [1.54, 1.807) is 45.2 Å². The number of hydrogen-bond donors (Lipinski definition) is 6. The molecule has 2 heterocycles. The molecule has 0 saturated heterocycles. The predicted octanol–water partition coefficient (Wildman–Crippen LogP) is -0.888. The second-order valence-corrected chi connectivity index (χ2v) is 11.0. The molecule has 0 saturated carbocycles. The first-order valence-electron chi connectivity index (χ1n) is 14.7. The van der Waals surface area contributed by atoms with E-state index in [0.29, 0.717) is 12.1 Å². The highest BCUT2D eigenvalue weighted by Gasteiger charge is 2.32. The van der Waals surface area contributed by atoms with E-state index >= 15 is 0 Å². The second-order valence-electron chi connectivity index (χ2n) is 11.0. The zero-order valence-corrected chi connectivity index (χ0v) is 25.5. The summed E-state index contributed by atoms with van der Waals surface area (Å²) in [6.45, 7) is 5.32. The lowest BCUT2D eigenvalue weighted by Crippen LogP contribution is -2.57. The van der Waals surface area contributed by atoms with Crippen LogP contribution < -0.4 is 37.1 Å². The minimum Gasteiger partial charge on any atom is -0.491 e. The highest BCUT2D eigenvalue weighted by molar-refractivity contribution is 6.01. The van der Waals surface area contributed by atoms with Crippen LogP contribution in [0.3, 0.4) is 0 Å². The Bertz CT molecular complexity index is 1370. The monoisotopic (exact) mass is 624 g/mol. The lowest BCUT2D eigenvalue weighted by atomic mass is 10.0. The average molecular weight is 625 g/mol. The van der Waals surface area contributed by atoms with Crippen molar-refractivity contribution in [1.29, 1.82) is 0 Å². The first kappa shape index (κ1) is 34.4. The van der Waals surface area contributed by atoms with Crippen molar-refractivity contribution >= 4 is 35.4 Å². The molecule has 1 aliphatic heterocycles. The van der Waals surface area contributed by atoms with Gasteiger partial charge in [-0.15, -0.1) is 0 Å². The van der Waals surface area contributed by atoms with E-state index in [2.05, 4.69) is 36.6 Å². The molecule has 1 aromatic heterocycles. The molecule has 0 unspecified atom stereocenters. The Hall–Kier alpha value is -5.08. The maximum atomic E-state index is 13.4. The van der Waals surface area contributed by atoms with E-state index < -0.39 is 66.0 Å². The standard InChI is InChI=1S/C30H40N8O7/c1-17(2)26-30(44)35-18(3)16-45-23-7-5-4-6-20(23)27(41)37-22(28(42)34-11-10-19-15-32-12-13-33-19)14-25(40)36-21(29(43)38-26)8-9-24(31)39/h4-7,12-13,15,17-18,21-22,26H,8-11,14,16H2,1-3H3,(H2,31,39)(H,34,42)(H,35,44)(H,36,40)(H,37,41)(H,38,43)/t18-,21-,22-,26+/m0/s1. The van der Waals surface area contributed by atoms with Gasteiger partial charge in [0.15, 0.2) is 0 Å². The van der Waals surface area contributed by atoms with Crippen LogP contribution in [-0.4, -0.2) is 82.7 Å². The lowest BCUT2D eigenvalue weighted by molar-refractivity contribution is -0.134. The summed E-state index contributed by atoms with van der Waals surface area (Å²) < 4.78 is 5.86. The molecule has 242 valence electrons. The normalized spacial score (nSPS) is 21.6.